The average molecular weight is 358 g/mol. The number of hydrogen-bond donors (Lipinski definition) is 1. The number of nitrogens with zero attached hydrogens (tertiary/aromatic N) is 2. The van der Waals surface area contributed by atoms with Crippen molar-refractivity contribution in [3.05, 3.63) is 38.1 Å². The van der Waals surface area contributed by atoms with Gasteiger partial charge in [-0.25, -0.2) is 0 Å². The first-order valence-corrected chi connectivity index (χ1v) is 8.48. The minimum atomic E-state index is -0.281. The first kappa shape index (κ1) is 14.7. The summed E-state index contributed by atoms with van der Waals surface area (Å²) in [7, 11) is 0. The summed E-state index contributed by atoms with van der Waals surface area (Å²) in [5.41, 5.74) is 0. The first-order chi connectivity index (χ1) is 10.1. The van der Waals surface area contributed by atoms with Gasteiger partial charge in [-0.1, -0.05) is 47.5 Å². The van der Waals surface area contributed by atoms with Crippen LogP contribution in [-0.4, -0.2) is 16.1 Å². The Hall–Kier alpha value is -1.21. The summed E-state index contributed by atoms with van der Waals surface area (Å²) in [5.74, 6) is -0.281. The lowest BCUT2D eigenvalue weighted by Crippen LogP contribution is -2.10. The standard InChI is InChI=1S/C13H9Cl2N3OS2/c1-2-9-17-18-13(21-9)16-12(19)11-10(15)7-4-3-6(14)5-8(7)20-11/h3-5H,2H2,1H3,(H,16,18,19). The summed E-state index contributed by atoms with van der Waals surface area (Å²) >= 11 is 14.9. The van der Waals surface area contributed by atoms with Crippen LogP contribution in [0.5, 0.6) is 0 Å². The number of anilines is 1. The van der Waals surface area contributed by atoms with E-state index in [1.165, 1.54) is 22.7 Å². The molecule has 2 heterocycles. The van der Waals surface area contributed by atoms with Gasteiger partial charge >= 0.3 is 0 Å². The quantitative estimate of drug-likeness (QED) is 0.726. The minimum Gasteiger partial charge on any atom is -0.296 e. The topological polar surface area (TPSA) is 54.9 Å². The lowest BCUT2D eigenvalue weighted by Gasteiger charge is -1.98. The van der Waals surface area contributed by atoms with Crippen molar-refractivity contribution in [1.82, 2.24) is 10.2 Å². The fourth-order valence-corrected chi connectivity index (χ4v) is 4.15. The van der Waals surface area contributed by atoms with Crippen molar-refractivity contribution >= 4 is 67.0 Å². The molecule has 3 aromatic rings. The molecule has 0 spiro atoms. The third-order valence-electron chi connectivity index (χ3n) is 2.79. The van der Waals surface area contributed by atoms with Crippen molar-refractivity contribution in [1.29, 1.82) is 0 Å². The average Bonchev–Trinajstić information content (AvgIpc) is 3.03. The van der Waals surface area contributed by atoms with Crippen LogP contribution in [0.15, 0.2) is 18.2 Å². The van der Waals surface area contributed by atoms with Gasteiger partial charge in [0.1, 0.15) is 9.88 Å². The Morgan fingerprint density at radius 1 is 1.29 bits per heavy atom. The predicted octanol–water partition coefficient (Wildman–Crippen LogP) is 4.87. The van der Waals surface area contributed by atoms with Crippen LogP contribution in [0.4, 0.5) is 5.13 Å². The molecule has 1 N–H and O–H groups in total. The van der Waals surface area contributed by atoms with Gasteiger partial charge in [-0.2, -0.15) is 0 Å². The van der Waals surface area contributed by atoms with Crippen molar-refractivity contribution in [2.24, 2.45) is 0 Å². The van der Waals surface area contributed by atoms with Crippen LogP contribution in [0.3, 0.4) is 0 Å². The van der Waals surface area contributed by atoms with E-state index in [0.717, 1.165) is 21.5 Å². The highest BCUT2D eigenvalue weighted by Crippen LogP contribution is 2.37. The summed E-state index contributed by atoms with van der Waals surface area (Å²) in [6.07, 6.45) is 0.787. The van der Waals surface area contributed by atoms with Crippen molar-refractivity contribution in [3.63, 3.8) is 0 Å². The molecule has 21 heavy (non-hydrogen) atoms. The van der Waals surface area contributed by atoms with Gasteiger partial charge in [-0.15, -0.1) is 21.5 Å². The van der Waals surface area contributed by atoms with Crippen LogP contribution in [0.25, 0.3) is 10.1 Å². The highest BCUT2D eigenvalue weighted by Gasteiger charge is 2.18. The number of aryl methyl sites for hydroxylation is 1. The molecule has 0 fully saturated rings. The number of amides is 1. The fraction of sp³-hybridized carbons (Fsp3) is 0.154. The van der Waals surface area contributed by atoms with Gasteiger partial charge in [0.25, 0.3) is 5.91 Å². The first-order valence-electron chi connectivity index (χ1n) is 6.09. The van der Waals surface area contributed by atoms with E-state index in [0.29, 0.717) is 20.1 Å². The van der Waals surface area contributed by atoms with Gasteiger partial charge in [0.05, 0.1) is 5.02 Å². The second-order valence-corrected chi connectivity index (χ2v) is 7.12. The number of carbonyl (C=O) groups is 1. The molecule has 0 saturated heterocycles. The van der Waals surface area contributed by atoms with Crippen LogP contribution < -0.4 is 5.32 Å². The highest BCUT2D eigenvalue weighted by atomic mass is 35.5. The van der Waals surface area contributed by atoms with Crippen LogP contribution in [0.1, 0.15) is 21.6 Å². The summed E-state index contributed by atoms with van der Waals surface area (Å²) in [6, 6.07) is 5.36. The Bertz CT molecular complexity index is 828. The second-order valence-electron chi connectivity index (χ2n) is 4.19. The number of rotatable bonds is 3. The Labute approximate surface area is 138 Å². The number of fused-ring (bicyclic) bond motifs is 1. The van der Waals surface area contributed by atoms with Gasteiger partial charge in [-0.05, 0) is 18.6 Å². The molecule has 4 nitrogen and oxygen atoms in total. The predicted molar refractivity (Wildman–Crippen MR) is 89.1 cm³/mol. The zero-order chi connectivity index (χ0) is 15.0. The van der Waals surface area contributed by atoms with E-state index in [1.807, 2.05) is 13.0 Å². The van der Waals surface area contributed by atoms with E-state index < -0.39 is 0 Å². The molecule has 108 valence electrons. The maximum absolute atomic E-state index is 12.3. The number of nitrogens with one attached hydrogen (secondary N) is 1. The van der Waals surface area contributed by atoms with Crippen molar-refractivity contribution in [3.8, 4) is 0 Å². The SMILES string of the molecule is CCc1nnc(NC(=O)c2sc3cc(Cl)ccc3c2Cl)s1. The maximum atomic E-state index is 12.3. The number of halogens is 2. The van der Waals surface area contributed by atoms with Crippen LogP contribution in [-0.2, 0) is 6.42 Å². The molecule has 0 aliphatic carbocycles. The Balaban J connectivity index is 1.92. The third-order valence-corrected chi connectivity index (χ3v) is 5.66. The fourth-order valence-electron chi connectivity index (χ4n) is 1.79. The number of thiophene rings is 1. The van der Waals surface area contributed by atoms with E-state index in [-0.39, 0.29) is 5.91 Å². The number of carbonyl (C=O) groups excluding carboxylic acids is 1. The van der Waals surface area contributed by atoms with E-state index in [1.54, 1.807) is 12.1 Å². The lowest BCUT2D eigenvalue weighted by molar-refractivity contribution is 0.103. The molecular formula is C13H9Cl2N3OS2. The third kappa shape index (κ3) is 2.89. The largest absolute Gasteiger partial charge is 0.296 e. The molecule has 0 atom stereocenters. The molecule has 0 saturated carbocycles. The molecule has 1 aromatic carbocycles. The van der Waals surface area contributed by atoms with E-state index in [4.69, 9.17) is 23.2 Å². The van der Waals surface area contributed by atoms with Gasteiger partial charge in [-0.3, -0.25) is 10.1 Å². The molecular weight excluding hydrogens is 349 g/mol. The minimum absolute atomic E-state index is 0.281. The molecule has 0 bridgehead atoms. The normalized spacial score (nSPS) is 11.0. The zero-order valence-electron chi connectivity index (χ0n) is 10.8. The van der Waals surface area contributed by atoms with Crippen molar-refractivity contribution in [2.45, 2.75) is 13.3 Å². The lowest BCUT2D eigenvalue weighted by atomic mass is 10.2. The van der Waals surface area contributed by atoms with Crippen LogP contribution in [0, 0.1) is 0 Å². The highest BCUT2D eigenvalue weighted by molar-refractivity contribution is 7.22. The van der Waals surface area contributed by atoms with Crippen molar-refractivity contribution < 1.29 is 4.79 Å². The van der Waals surface area contributed by atoms with Crippen LogP contribution >= 0.6 is 45.9 Å². The number of aromatic nitrogens is 2. The smallest absolute Gasteiger partial charge is 0.269 e. The van der Waals surface area contributed by atoms with Gasteiger partial charge < -0.3 is 0 Å². The van der Waals surface area contributed by atoms with E-state index >= 15 is 0 Å². The van der Waals surface area contributed by atoms with Gasteiger partial charge in [0, 0.05) is 15.1 Å². The Morgan fingerprint density at radius 2 is 2.10 bits per heavy atom. The summed E-state index contributed by atoms with van der Waals surface area (Å²) in [4.78, 5) is 12.8. The summed E-state index contributed by atoms with van der Waals surface area (Å²) in [6.45, 7) is 1.98. The zero-order valence-corrected chi connectivity index (χ0v) is 14.0. The van der Waals surface area contributed by atoms with Gasteiger partial charge in [0.2, 0.25) is 5.13 Å². The molecule has 0 aliphatic rings. The summed E-state index contributed by atoms with van der Waals surface area (Å²) in [5, 5.41) is 13.8. The monoisotopic (exact) mass is 357 g/mol. The molecule has 0 unspecified atom stereocenters. The Morgan fingerprint density at radius 3 is 2.81 bits per heavy atom. The summed E-state index contributed by atoms with van der Waals surface area (Å²) < 4.78 is 0.879. The molecule has 8 heteroatoms. The van der Waals surface area contributed by atoms with Gasteiger partial charge in [0.15, 0.2) is 0 Å². The second kappa shape index (κ2) is 5.88. The molecule has 2 aromatic heterocycles. The van der Waals surface area contributed by atoms with Crippen molar-refractivity contribution in [2.75, 3.05) is 5.32 Å². The molecule has 3 rings (SSSR count). The molecule has 0 aliphatic heterocycles. The van der Waals surface area contributed by atoms with Crippen LogP contribution in [0.2, 0.25) is 10.0 Å². The number of benzene rings is 1. The van der Waals surface area contributed by atoms with E-state index in [9.17, 15) is 4.79 Å². The Kier molecular flexibility index (Phi) is 4.12. The van der Waals surface area contributed by atoms with E-state index in [2.05, 4.69) is 15.5 Å². The molecule has 0 radical (unpaired) electrons. The number of hydrogen-bond acceptors (Lipinski definition) is 5. The maximum Gasteiger partial charge on any atom is 0.269 e. The molecule has 1 amide bonds.